The summed E-state index contributed by atoms with van der Waals surface area (Å²) < 4.78 is 34.4. The van der Waals surface area contributed by atoms with E-state index >= 15 is 0 Å². The quantitative estimate of drug-likeness (QED) is 0.197. The first kappa shape index (κ1) is 29.9. The van der Waals surface area contributed by atoms with Crippen molar-refractivity contribution in [2.24, 2.45) is 11.0 Å². The molecule has 1 N–H and O–H groups in total. The number of rotatable bonds is 9. The Morgan fingerprint density at radius 3 is 2.42 bits per heavy atom. The van der Waals surface area contributed by atoms with Crippen LogP contribution in [0.4, 0.5) is 20.2 Å². The molecular formula is C34H30ClF2N3O3. The Balaban J connectivity index is 1.49. The van der Waals surface area contributed by atoms with Crippen LogP contribution in [0.15, 0.2) is 96.1 Å². The summed E-state index contributed by atoms with van der Waals surface area (Å²) in [7, 11) is 1.60. The number of carbonyl (C=O) groups is 2. The topological polar surface area (TPSA) is 71.0 Å². The predicted octanol–water partition coefficient (Wildman–Crippen LogP) is 8.09. The monoisotopic (exact) mass is 601 g/mol. The molecule has 0 spiro atoms. The molecule has 220 valence electrons. The second-order valence-corrected chi connectivity index (χ2v) is 10.7. The van der Waals surface area contributed by atoms with Gasteiger partial charge in [-0.2, -0.15) is 10.1 Å². The van der Waals surface area contributed by atoms with Crippen LogP contribution in [0.5, 0.6) is 5.75 Å². The number of nitrogens with one attached hydrogen (secondary N) is 1. The first-order valence-corrected chi connectivity index (χ1v) is 14.2. The van der Waals surface area contributed by atoms with Crippen molar-refractivity contribution in [3.05, 3.63) is 113 Å². The van der Waals surface area contributed by atoms with Crippen molar-refractivity contribution in [2.75, 3.05) is 17.4 Å². The molecule has 1 heterocycles. The maximum absolute atomic E-state index is 14.3. The average molecular weight is 602 g/mol. The largest absolute Gasteiger partial charge is 0.496 e. The number of hydrazone groups is 1. The van der Waals surface area contributed by atoms with E-state index in [1.165, 1.54) is 36.2 Å². The lowest BCUT2D eigenvalue weighted by Gasteiger charge is -2.20. The Labute approximate surface area is 253 Å². The van der Waals surface area contributed by atoms with E-state index in [2.05, 4.69) is 10.4 Å². The molecular weight excluding hydrogens is 572 g/mol. The third-order valence-corrected chi connectivity index (χ3v) is 7.63. The van der Waals surface area contributed by atoms with Gasteiger partial charge >= 0.3 is 0 Å². The number of alkyl halides is 2. The molecule has 0 bridgehead atoms. The molecule has 5 rings (SSSR count). The van der Waals surface area contributed by atoms with E-state index in [4.69, 9.17) is 16.3 Å². The van der Waals surface area contributed by atoms with Gasteiger partial charge in [0, 0.05) is 40.2 Å². The van der Waals surface area contributed by atoms with Gasteiger partial charge in [-0.05, 0) is 54.4 Å². The summed E-state index contributed by atoms with van der Waals surface area (Å²) in [6.07, 6.45) is 0.112. The number of hydrogen-bond acceptors (Lipinski definition) is 4. The lowest BCUT2D eigenvalue weighted by atomic mass is 9.96. The Hall–Kier alpha value is -4.56. The molecule has 0 aliphatic carbocycles. The number of amides is 2. The van der Waals surface area contributed by atoms with Crippen LogP contribution >= 0.6 is 11.6 Å². The summed E-state index contributed by atoms with van der Waals surface area (Å²) >= 11 is 6.09. The minimum atomic E-state index is -3.04. The summed E-state index contributed by atoms with van der Waals surface area (Å²) in [5, 5.41) is 8.93. The number of methoxy groups -OCH3 is 1. The first-order chi connectivity index (χ1) is 20.6. The standard InChI is InChI=1S/C34H30ClF2N3O3/c1-4-34(36,37)25-11-8-12-27(19-25)38-32(41)30-21(2)39-40(33(30)42)28-18-24(17-22-13-15-26(35)16-14-22)31(43-3)29(20-28)23-9-6-5-7-10-23/h5-16,18-20,30H,4,17H2,1-3H3,(H,38,41). The lowest BCUT2D eigenvalue weighted by molar-refractivity contribution is -0.127. The van der Waals surface area contributed by atoms with Crippen molar-refractivity contribution in [3.63, 3.8) is 0 Å². The lowest BCUT2D eigenvalue weighted by Crippen LogP contribution is -2.36. The Kier molecular flexibility index (Phi) is 8.59. The van der Waals surface area contributed by atoms with Crippen molar-refractivity contribution < 1.29 is 23.1 Å². The molecule has 0 aromatic heterocycles. The highest BCUT2D eigenvalue weighted by Gasteiger charge is 2.40. The second kappa shape index (κ2) is 12.4. The molecule has 43 heavy (non-hydrogen) atoms. The van der Waals surface area contributed by atoms with E-state index in [1.807, 2.05) is 66.7 Å². The minimum absolute atomic E-state index is 0.177. The van der Waals surface area contributed by atoms with Crippen LogP contribution in [0.2, 0.25) is 5.02 Å². The molecule has 4 aromatic carbocycles. The first-order valence-electron chi connectivity index (χ1n) is 13.8. The molecule has 0 radical (unpaired) electrons. The van der Waals surface area contributed by atoms with Gasteiger partial charge in [-0.25, -0.2) is 8.78 Å². The van der Waals surface area contributed by atoms with Crippen LogP contribution < -0.4 is 15.1 Å². The van der Waals surface area contributed by atoms with Gasteiger partial charge < -0.3 is 10.1 Å². The molecule has 6 nitrogen and oxygen atoms in total. The van der Waals surface area contributed by atoms with Crippen LogP contribution in [0, 0.1) is 5.92 Å². The number of anilines is 2. The summed E-state index contributed by atoms with van der Waals surface area (Å²) in [4.78, 5) is 27.0. The van der Waals surface area contributed by atoms with Crippen LogP contribution in [0.25, 0.3) is 11.1 Å². The highest BCUT2D eigenvalue weighted by Crippen LogP contribution is 2.40. The second-order valence-electron chi connectivity index (χ2n) is 10.3. The smallest absolute Gasteiger partial charge is 0.273 e. The average Bonchev–Trinajstić information content (AvgIpc) is 3.31. The molecule has 0 fully saturated rings. The fraction of sp³-hybridized carbons (Fsp3) is 0.206. The van der Waals surface area contributed by atoms with E-state index < -0.39 is 23.7 Å². The van der Waals surface area contributed by atoms with Crippen molar-refractivity contribution in [1.82, 2.24) is 0 Å². The maximum atomic E-state index is 14.3. The molecule has 4 aromatic rings. The maximum Gasteiger partial charge on any atom is 0.273 e. The third kappa shape index (κ3) is 6.29. The molecule has 9 heteroatoms. The molecule has 0 saturated heterocycles. The Morgan fingerprint density at radius 1 is 1.02 bits per heavy atom. The van der Waals surface area contributed by atoms with Gasteiger partial charge in [0.15, 0.2) is 5.92 Å². The van der Waals surface area contributed by atoms with Crippen molar-refractivity contribution in [3.8, 4) is 16.9 Å². The van der Waals surface area contributed by atoms with E-state index in [9.17, 15) is 18.4 Å². The van der Waals surface area contributed by atoms with E-state index in [0.29, 0.717) is 22.9 Å². The number of nitrogens with zero attached hydrogens (tertiary/aromatic N) is 2. The number of hydrogen-bond donors (Lipinski definition) is 1. The Bertz CT molecular complexity index is 1690. The number of ether oxygens (including phenoxy) is 1. The molecule has 1 aliphatic heterocycles. The predicted molar refractivity (Wildman–Crippen MR) is 166 cm³/mol. The van der Waals surface area contributed by atoms with Gasteiger partial charge in [-0.15, -0.1) is 0 Å². The Morgan fingerprint density at radius 2 is 1.74 bits per heavy atom. The number of carbonyl (C=O) groups excluding carboxylic acids is 2. The summed E-state index contributed by atoms with van der Waals surface area (Å²) in [6, 6.07) is 26.2. The van der Waals surface area contributed by atoms with E-state index in [0.717, 1.165) is 22.3 Å². The van der Waals surface area contributed by atoms with Gasteiger partial charge in [0.25, 0.3) is 11.8 Å². The van der Waals surface area contributed by atoms with Gasteiger partial charge in [0.1, 0.15) is 5.75 Å². The molecule has 1 aliphatic rings. The summed E-state index contributed by atoms with van der Waals surface area (Å²) in [5.74, 6) is -4.81. The molecule has 1 unspecified atom stereocenters. The van der Waals surface area contributed by atoms with E-state index in [1.54, 1.807) is 14.0 Å². The SMILES string of the molecule is CCC(F)(F)c1cccc(NC(=O)C2C(=O)N(c3cc(Cc4ccc(Cl)cc4)c(OC)c(-c4ccccc4)c3)N=C2C)c1. The zero-order valence-corrected chi connectivity index (χ0v) is 24.7. The highest BCUT2D eigenvalue weighted by atomic mass is 35.5. The summed E-state index contributed by atoms with van der Waals surface area (Å²) in [6.45, 7) is 2.99. The van der Waals surface area contributed by atoms with Gasteiger partial charge in [0.05, 0.1) is 18.5 Å². The van der Waals surface area contributed by atoms with Crippen molar-refractivity contribution in [2.45, 2.75) is 32.6 Å². The normalized spacial score (nSPS) is 14.9. The third-order valence-electron chi connectivity index (χ3n) is 7.38. The van der Waals surface area contributed by atoms with Crippen LogP contribution in [-0.2, 0) is 21.9 Å². The van der Waals surface area contributed by atoms with Crippen LogP contribution in [0.1, 0.15) is 37.0 Å². The minimum Gasteiger partial charge on any atom is -0.496 e. The van der Waals surface area contributed by atoms with Gasteiger partial charge in [-0.3, -0.25) is 9.59 Å². The van der Waals surface area contributed by atoms with Crippen LogP contribution in [-0.4, -0.2) is 24.6 Å². The van der Waals surface area contributed by atoms with Crippen LogP contribution in [0.3, 0.4) is 0 Å². The van der Waals surface area contributed by atoms with Crippen molar-refractivity contribution >= 4 is 40.5 Å². The molecule has 0 saturated carbocycles. The summed E-state index contributed by atoms with van der Waals surface area (Å²) in [5.41, 5.74) is 4.15. The highest BCUT2D eigenvalue weighted by molar-refractivity contribution is 6.30. The number of benzene rings is 4. The zero-order valence-electron chi connectivity index (χ0n) is 23.9. The zero-order chi connectivity index (χ0) is 30.7. The fourth-order valence-corrected chi connectivity index (χ4v) is 5.24. The molecule has 1 atom stereocenters. The molecule has 2 amide bonds. The van der Waals surface area contributed by atoms with Gasteiger partial charge in [-0.1, -0.05) is 73.1 Å². The number of halogens is 3. The van der Waals surface area contributed by atoms with E-state index in [-0.39, 0.29) is 23.4 Å². The van der Waals surface area contributed by atoms with Gasteiger partial charge in [0.2, 0.25) is 5.91 Å². The van der Waals surface area contributed by atoms with Crippen molar-refractivity contribution in [1.29, 1.82) is 0 Å². The fourth-order valence-electron chi connectivity index (χ4n) is 5.12.